The molecule has 0 amide bonds. The van der Waals surface area contributed by atoms with Gasteiger partial charge in [-0.05, 0) is 31.2 Å². The molecule has 0 saturated carbocycles. The Balaban J connectivity index is 2.30. The molecule has 3 rings (SSSR count). The number of hydrogen-bond donors (Lipinski definition) is 0. The Labute approximate surface area is 122 Å². The molecule has 8 heteroatoms. The molecule has 0 radical (unpaired) electrons. The molecule has 0 aliphatic carbocycles. The normalized spacial score (nSPS) is 12.0. The lowest BCUT2D eigenvalue weighted by Gasteiger charge is -2.11. The number of aryl methyl sites for hydroxylation is 1. The molecule has 4 nitrogen and oxygen atoms in total. The second-order valence-corrected chi connectivity index (χ2v) is 4.85. The average molecular weight is 313 g/mol. The average Bonchev–Trinajstić information content (AvgIpc) is 2.85. The summed E-state index contributed by atoms with van der Waals surface area (Å²) in [6.45, 7) is 1.72. The number of halogens is 4. The van der Waals surface area contributed by atoms with Crippen molar-refractivity contribution in [3.8, 4) is 11.3 Å². The van der Waals surface area contributed by atoms with E-state index in [0.717, 1.165) is 12.1 Å². The molecule has 0 aliphatic rings. The highest BCUT2D eigenvalue weighted by molar-refractivity contribution is 6.33. The predicted molar refractivity (Wildman–Crippen MR) is 71.0 cm³/mol. The van der Waals surface area contributed by atoms with Gasteiger partial charge in [0.1, 0.15) is 6.33 Å². The standard InChI is InChI=1S/C13H8ClF3N4/c1-7-4-11(21-12(20-7)18-6-19-21)9-5-8(13(15,16)17)2-3-10(9)14/h2-6H,1H3. The number of benzene rings is 1. The van der Waals surface area contributed by atoms with Gasteiger partial charge in [-0.25, -0.2) is 4.98 Å². The SMILES string of the molecule is Cc1cc(-c2cc(C(F)(F)F)ccc2Cl)n2ncnc2n1. The van der Waals surface area contributed by atoms with Crippen molar-refractivity contribution in [3.05, 3.63) is 46.9 Å². The molecule has 21 heavy (non-hydrogen) atoms. The van der Waals surface area contributed by atoms with E-state index < -0.39 is 11.7 Å². The molecule has 2 heterocycles. The summed E-state index contributed by atoms with van der Waals surface area (Å²) < 4.78 is 39.9. The number of hydrogen-bond acceptors (Lipinski definition) is 3. The highest BCUT2D eigenvalue weighted by atomic mass is 35.5. The van der Waals surface area contributed by atoms with Gasteiger partial charge >= 0.3 is 6.18 Å². The first-order chi connectivity index (χ1) is 9.86. The topological polar surface area (TPSA) is 43.1 Å². The lowest BCUT2D eigenvalue weighted by Crippen LogP contribution is -2.06. The second kappa shape index (κ2) is 4.70. The maximum absolute atomic E-state index is 12.9. The zero-order chi connectivity index (χ0) is 15.2. The highest BCUT2D eigenvalue weighted by Gasteiger charge is 2.31. The van der Waals surface area contributed by atoms with E-state index in [2.05, 4.69) is 15.1 Å². The predicted octanol–water partition coefficient (Wildman–Crippen LogP) is 3.77. The van der Waals surface area contributed by atoms with Gasteiger partial charge in [0, 0.05) is 16.3 Å². The van der Waals surface area contributed by atoms with Crippen molar-refractivity contribution in [2.24, 2.45) is 0 Å². The van der Waals surface area contributed by atoms with Crippen molar-refractivity contribution in [3.63, 3.8) is 0 Å². The summed E-state index contributed by atoms with van der Waals surface area (Å²) in [5.41, 5.74) is 0.474. The quantitative estimate of drug-likeness (QED) is 0.687. The Morgan fingerprint density at radius 2 is 1.95 bits per heavy atom. The number of alkyl halides is 3. The Bertz CT molecular complexity index is 826. The minimum Gasteiger partial charge on any atom is -0.216 e. The summed E-state index contributed by atoms with van der Waals surface area (Å²) in [5.74, 6) is 0.304. The van der Waals surface area contributed by atoms with Crippen LogP contribution >= 0.6 is 11.6 Å². The van der Waals surface area contributed by atoms with Gasteiger partial charge in [0.15, 0.2) is 0 Å². The minimum absolute atomic E-state index is 0.199. The van der Waals surface area contributed by atoms with Crippen LogP contribution in [0.3, 0.4) is 0 Å². The van der Waals surface area contributed by atoms with Gasteiger partial charge in [-0.2, -0.15) is 27.8 Å². The van der Waals surface area contributed by atoms with Crippen LogP contribution in [0, 0.1) is 6.92 Å². The Kier molecular flexibility index (Phi) is 3.09. The van der Waals surface area contributed by atoms with Crippen molar-refractivity contribution < 1.29 is 13.2 Å². The van der Waals surface area contributed by atoms with E-state index in [1.165, 1.54) is 16.9 Å². The van der Waals surface area contributed by atoms with Crippen LogP contribution in [0.15, 0.2) is 30.6 Å². The number of fused-ring (bicyclic) bond motifs is 1. The van der Waals surface area contributed by atoms with Crippen molar-refractivity contribution >= 4 is 17.4 Å². The summed E-state index contributed by atoms with van der Waals surface area (Å²) in [6, 6.07) is 4.78. The van der Waals surface area contributed by atoms with E-state index in [1.54, 1.807) is 13.0 Å². The first kappa shape index (κ1) is 13.8. The van der Waals surface area contributed by atoms with Gasteiger partial charge < -0.3 is 0 Å². The van der Waals surface area contributed by atoms with E-state index in [0.29, 0.717) is 17.2 Å². The summed E-state index contributed by atoms with van der Waals surface area (Å²) in [6.07, 6.45) is -3.16. The highest BCUT2D eigenvalue weighted by Crippen LogP contribution is 2.35. The zero-order valence-corrected chi connectivity index (χ0v) is 11.4. The Morgan fingerprint density at radius 1 is 1.19 bits per heavy atom. The number of nitrogens with zero attached hydrogens (tertiary/aromatic N) is 4. The van der Waals surface area contributed by atoms with Crippen molar-refractivity contribution in [2.75, 3.05) is 0 Å². The number of aromatic nitrogens is 4. The smallest absolute Gasteiger partial charge is 0.216 e. The molecular formula is C13H8ClF3N4. The lowest BCUT2D eigenvalue weighted by atomic mass is 10.1. The first-order valence-electron chi connectivity index (χ1n) is 5.91. The van der Waals surface area contributed by atoms with Crippen molar-refractivity contribution in [1.29, 1.82) is 0 Å². The van der Waals surface area contributed by atoms with Crippen LogP contribution in [0.1, 0.15) is 11.3 Å². The van der Waals surface area contributed by atoms with E-state index in [1.807, 2.05) is 0 Å². The van der Waals surface area contributed by atoms with Crippen LogP contribution in [0.25, 0.3) is 17.0 Å². The van der Waals surface area contributed by atoms with Crippen LogP contribution in [0.2, 0.25) is 5.02 Å². The summed E-state index contributed by atoms with van der Waals surface area (Å²) in [5, 5.41) is 4.17. The molecule has 0 fully saturated rings. The fourth-order valence-corrected chi connectivity index (χ4v) is 2.23. The van der Waals surface area contributed by atoms with Gasteiger partial charge in [0.05, 0.1) is 11.3 Å². The Hall–Kier alpha value is -2.15. The molecule has 108 valence electrons. The Morgan fingerprint density at radius 3 is 2.67 bits per heavy atom. The molecule has 0 unspecified atom stereocenters. The minimum atomic E-state index is -4.44. The molecule has 0 aliphatic heterocycles. The molecular weight excluding hydrogens is 305 g/mol. The summed E-state index contributed by atoms with van der Waals surface area (Å²) in [7, 11) is 0. The molecule has 0 saturated heterocycles. The summed E-state index contributed by atoms with van der Waals surface area (Å²) in [4.78, 5) is 8.09. The molecule has 0 bridgehead atoms. The van der Waals surface area contributed by atoms with E-state index in [4.69, 9.17) is 11.6 Å². The lowest BCUT2D eigenvalue weighted by molar-refractivity contribution is -0.137. The van der Waals surface area contributed by atoms with Gasteiger partial charge in [-0.15, -0.1) is 0 Å². The molecule has 0 N–H and O–H groups in total. The number of rotatable bonds is 1. The maximum atomic E-state index is 12.9. The molecule has 1 aromatic carbocycles. The molecule has 2 aromatic heterocycles. The van der Waals surface area contributed by atoms with Gasteiger partial charge in [0.2, 0.25) is 0 Å². The summed E-state index contributed by atoms with van der Waals surface area (Å²) >= 11 is 6.05. The van der Waals surface area contributed by atoms with E-state index >= 15 is 0 Å². The zero-order valence-electron chi connectivity index (χ0n) is 10.7. The van der Waals surface area contributed by atoms with E-state index in [9.17, 15) is 13.2 Å². The van der Waals surface area contributed by atoms with Gasteiger partial charge in [-0.3, -0.25) is 0 Å². The molecule has 0 spiro atoms. The monoisotopic (exact) mass is 312 g/mol. The molecule has 3 aromatic rings. The van der Waals surface area contributed by atoms with Crippen molar-refractivity contribution in [1.82, 2.24) is 19.6 Å². The second-order valence-electron chi connectivity index (χ2n) is 4.45. The third-order valence-corrected chi connectivity index (χ3v) is 3.28. The van der Waals surface area contributed by atoms with Crippen LogP contribution in [-0.4, -0.2) is 19.6 Å². The van der Waals surface area contributed by atoms with Crippen molar-refractivity contribution in [2.45, 2.75) is 13.1 Å². The maximum Gasteiger partial charge on any atom is 0.416 e. The third-order valence-electron chi connectivity index (χ3n) is 2.95. The van der Waals surface area contributed by atoms with Crippen LogP contribution in [0.5, 0.6) is 0 Å². The fraction of sp³-hybridized carbons (Fsp3) is 0.154. The van der Waals surface area contributed by atoms with Crippen LogP contribution < -0.4 is 0 Å². The third kappa shape index (κ3) is 2.44. The van der Waals surface area contributed by atoms with Crippen LogP contribution in [0.4, 0.5) is 13.2 Å². The van der Waals surface area contributed by atoms with Crippen LogP contribution in [-0.2, 0) is 6.18 Å². The molecule has 0 atom stereocenters. The fourth-order valence-electron chi connectivity index (χ4n) is 2.02. The van der Waals surface area contributed by atoms with E-state index in [-0.39, 0.29) is 10.6 Å². The first-order valence-corrected chi connectivity index (χ1v) is 6.28. The van der Waals surface area contributed by atoms with Gasteiger partial charge in [-0.1, -0.05) is 11.6 Å². The van der Waals surface area contributed by atoms with Gasteiger partial charge in [0.25, 0.3) is 5.78 Å². The largest absolute Gasteiger partial charge is 0.416 e.